The van der Waals surface area contributed by atoms with Crippen molar-refractivity contribution in [2.24, 2.45) is 0 Å². The molecular weight excluding hydrogens is 613 g/mol. The number of rotatable bonds is 9. The number of carbonyl (C=O) groups excluding carboxylic acids is 2. The van der Waals surface area contributed by atoms with E-state index in [0.717, 1.165) is 0 Å². The Kier molecular flexibility index (Phi) is 10.2. The van der Waals surface area contributed by atoms with E-state index < -0.39 is 29.3 Å². The summed E-state index contributed by atoms with van der Waals surface area (Å²) in [6, 6.07) is 5.44. The second-order valence-electron chi connectivity index (χ2n) is 11.1. The number of aliphatic carboxylic acids is 1. The molecule has 10 nitrogen and oxygen atoms in total. The van der Waals surface area contributed by atoms with Gasteiger partial charge in [-0.1, -0.05) is 20.8 Å². The number of amides is 1. The highest BCUT2D eigenvalue weighted by atomic mass is 79.9. The number of hydrogen-bond donors (Lipinski definition) is 2. The minimum atomic E-state index is -1.07. The van der Waals surface area contributed by atoms with Crippen LogP contribution in [-0.2, 0) is 16.8 Å². The van der Waals surface area contributed by atoms with Crippen molar-refractivity contribution in [2.45, 2.75) is 65.5 Å². The highest BCUT2D eigenvalue weighted by Crippen LogP contribution is 2.39. The van der Waals surface area contributed by atoms with Crippen LogP contribution in [0.25, 0.3) is 0 Å². The zero-order valence-electron chi connectivity index (χ0n) is 24.4. The normalized spacial score (nSPS) is 16.1. The fourth-order valence-electron chi connectivity index (χ4n) is 5.20. The molecule has 0 bridgehead atoms. The maximum atomic E-state index is 15.4. The van der Waals surface area contributed by atoms with Gasteiger partial charge in [0.05, 0.1) is 25.3 Å². The fourth-order valence-corrected chi connectivity index (χ4v) is 5.20. The van der Waals surface area contributed by atoms with Gasteiger partial charge in [-0.2, -0.15) is 0 Å². The van der Waals surface area contributed by atoms with Gasteiger partial charge in [-0.05, 0) is 61.9 Å². The molecule has 12 heteroatoms. The van der Waals surface area contributed by atoms with Crippen LogP contribution in [0.15, 0.2) is 24.3 Å². The molecule has 2 aliphatic rings. The predicted molar refractivity (Wildman–Crippen MR) is 159 cm³/mol. The number of fused-ring (bicyclic) bond motifs is 1. The van der Waals surface area contributed by atoms with Crippen molar-refractivity contribution in [1.82, 2.24) is 9.80 Å². The van der Waals surface area contributed by atoms with E-state index in [0.29, 0.717) is 42.7 Å². The van der Waals surface area contributed by atoms with Crippen LogP contribution in [0.1, 0.15) is 74.5 Å². The fraction of sp³-hybridized carbons (Fsp3) is 0.467. The van der Waals surface area contributed by atoms with E-state index >= 15 is 4.39 Å². The molecule has 0 radical (unpaired) electrons. The average molecular weight is 651 g/mol. The summed E-state index contributed by atoms with van der Waals surface area (Å²) in [7, 11) is 0. The van der Waals surface area contributed by atoms with Crippen LogP contribution in [-0.4, -0.2) is 70.9 Å². The molecule has 1 unspecified atom stereocenters. The van der Waals surface area contributed by atoms with Crippen LogP contribution < -0.4 is 14.2 Å². The summed E-state index contributed by atoms with van der Waals surface area (Å²) in [6.45, 7) is 10.1. The Labute approximate surface area is 255 Å². The van der Waals surface area contributed by atoms with E-state index in [-0.39, 0.29) is 71.1 Å². The van der Waals surface area contributed by atoms with Crippen LogP contribution in [0.4, 0.5) is 9.18 Å². The third kappa shape index (κ3) is 6.53. The largest absolute Gasteiger partial charge is 0.490 e. The summed E-state index contributed by atoms with van der Waals surface area (Å²) in [4.78, 5) is 40.5. The lowest BCUT2D eigenvalue weighted by Gasteiger charge is -2.26. The first-order valence-corrected chi connectivity index (χ1v) is 13.7. The van der Waals surface area contributed by atoms with E-state index in [1.165, 1.54) is 21.9 Å². The highest BCUT2D eigenvalue weighted by Gasteiger charge is 2.36. The van der Waals surface area contributed by atoms with Crippen molar-refractivity contribution in [3.05, 3.63) is 52.3 Å². The monoisotopic (exact) mass is 649 g/mol. The smallest absolute Gasteiger partial charge is 0.415 e. The quantitative estimate of drug-likeness (QED) is 0.337. The first-order valence-electron chi connectivity index (χ1n) is 13.7. The van der Waals surface area contributed by atoms with Gasteiger partial charge in [0.25, 0.3) is 0 Å². The van der Waals surface area contributed by atoms with Gasteiger partial charge in [-0.25, -0.2) is 14.0 Å². The number of nitrogens with zero attached hydrogens (tertiary/aromatic N) is 2. The second kappa shape index (κ2) is 13.1. The van der Waals surface area contributed by atoms with Gasteiger partial charge in [0, 0.05) is 24.2 Å². The minimum absolute atomic E-state index is 0. The molecule has 1 atom stereocenters. The number of halogens is 2. The number of hydrogen-bond acceptors (Lipinski definition) is 7. The lowest BCUT2D eigenvalue weighted by atomic mass is 9.85. The zero-order chi connectivity index (χ0) is 30.1. The Bertz CT molecular complexity index is 1390. The molecule has 2 aromatic rings. The summed E-state index contributed by atoms with van der Waals surface area (Å²) in [5.41, 5.74) is 1.04. The second-order valence-corrected chi connectivity index (χ2v) is 11.1. The molecule has 1 amide bonds. The highest BCUT2D eigenvalue weighted by molar-refractivity contribution is 8.93. The summed E-state index contributed by atoms with van der Waals surface area (Å²) in [5, 5.41) is 18.0. The molecule has 4 rings (SSSR count). The summed E-state index contributed by atoms with van der Waals surface area (Å²) in [5.74, 6) is -1.72. The molecule has 2 aromatic carbocycles. The van der Waals surface area contributed by atoms with Gasteiger partial charge in [-0.15, -0.1) is 17.0 Å². The number of benzene rings is 2. The van der Waals surface area contributed by atoms with Crippen molar-refractivity contribution in [3.8, 4) is 17.2 Å². The van der Waals surface area contributed by atoms with Crippen LogP contribution in [0, 0.1) is 11.2 Å². The molecule has 42 heavy (non-hydrogen) atoms. The predicted octanol–water partition coefficient (Wildman–Crippen LogP) is 5.57. The van der Waals surface area contributed by atoms with E-state index in [9.17, 15) is 19.5 Å². The Morgan fingerprint density at radius 2 is 1.79 bits per heavy atom. The maximum absolute atomic E-state index is 15.4. The van der Waals surface area contributed by atoms with Crippen LogP contribution in [0.2, 0.25) is 0 Å². The molecule has 2 N–H and O–H groups in total. The lowest BCUT2D eigenvalue weighted by molar-refractivity contribution is -0.141. The van der Waals surface area contributed by atoms with Crippen molar-refractivity contribution in [3.63, 3.8) is 0 Å². The minimum Gasteiger partial charge on any atom is -0.490 e. The van der Waals surface area contributed by atoms with Gasteiger partial charge in [0.2, 0.25) is 0 Å². The van der Waals surface area contributed by atoms with E-state index in [2.05, 4.69) is 0 Å². The summed E-state index contributed by atoms with van der Waals surface area (Å²) in [6.07, 6.45) is 0.191. The van der Waals surface area contributed by atoms with Crippen LogP contribution in [0.5, 0.6) is 17.2 Å². The molecule has 1 fully saturated rings. The summed E-state index contributed by atoms with van der Waals surface area (Å²) < 4.78 is 32.1. The number of ether oxygens (including phenoxy) is 3. The molecule has 0 aliphatic carbocycles. The van der Waals surface area contributed by atoms with Crippen LogP contribution >= 0.6 is 17.0 Å². The van der Waals surface area contributed by atoms with E-state index in [1.807, 2.05) is 20.8 Å². The van der Waals surface area contributed by atoms with Gasteiger partial charge in [-0.3, -0.25) is 15.1 Å². The number of Topliss-reactive ketones (excluding diaryl/α,β-unsaturated/α-hetero) is 1. The number of carboxylic acid groups (broad SMARTS) is 1. The standard InChI is InChI=1S/C30H36FN3O7.BrH/c1-6-39-23-14-18-15-33(27(32)24(18)25(31)26(23)40-7-2)16-21(35)17-10-11-22(19(13-17)30(3,4)5)41-29(38)34-12-8-9-20(34)28(36)37;/h10-11,13-14,20,32H,6-9,12,15-16H2,1-5H3,(H,36,37);1H. The van der Waals surface area contributed by atoms with E-state index in [1.54, 1.807) is 26.0 Å². The Morgan fingerprint density at radius 1 is 1.10 bits per heavy atom. The zero-order valence-corrected chi connectivity index (χ0v) is 26.1. The Hall–Kier alpha value is -3.67. The number of carboxylic acids is 1. The van der Waals surface area contributed by atoms with Crippen LogP contribution in [0.3, 0.4) is 0 Å². The molecule has 2 aliphatic heterocycles. The Morgan fingerprint density at radius 3 is 2.40 bits per heavy atom. The van der Waals surface area contributed by atoms with Gasteiger partial charge >= 0.3 is 12.1 Å². The number of nitrogens with one attached hydrogen (secondary N) is 1. The van der Waals surface area contributed by atoms with Crippen molar-refractivity contribution >= 4 is 40.7 Å². The molecule has 1 saturated heterocycles. The summed E-state index contributed by atoms with van der Waals surface area (Å²) >= 11 is 0. The van der Waals surface area contributed by atoms with Gasteiger partial charge in [0.1, 0.15) is 17.6 Å². The van der Waals surface area contributed by atoms with Crippen molar-refractivity contribution in [2.75, 3.05) is 26.3 Å². The third-order valence-electron chi connectivity index (χ3n) is 7.19. The molecule has 228 valence electrons. The number of ketones is 1. The maximum Gasteiger partial charge on any atom is 0.415 e. The molecule has 2 heterocycles. The molecular formula is C30H37BrFN3O7. The molecule has 0 saturated carbocycles. The number of carbonyl (C=O) groups is 3. The van der Waals surface area contributed by atoms with Crippen molar-refractivity contribution < 1.29 is 38.1 Å². The molecule has 0 aromatic heterocycles. The average Bonchev–Trinajstić information content (AvgIpc) is 3.51. The third-order valence-corrected chi connectivity index (χ3v) is 7.19. The first-order chi connectivity index (χ1) is 19.4. The number of amidine groups is 1. The van der Waals surface area contributed by atoms with Gasteiger partial charge in [0.15, 0.2) is 23.1 Å². The van der Waals surface area contributed by atoms with Crippen molar-refractivity contribution in [1.29, 1.82) is 5.41 Å². The van der Waals surface area contributed by atoms with E-state index in [4.69, 9.17) is 19.6 Å². The lowest BCUT2D eigenvalue weighted by Crippen LogP contribution is -2.42. The first kappa shape index (κ1) is 32.8. The Balaban J connectivity index is 0.00000484. The topological polar surface area (TPSA) is 129 Å². The van der Waals surface area contributed by atoms with Gasteiger partial charge < -0.3 is 24.2 Å². The number of likely N-dealkylation sites (tertiary alicyclic amines) is 1. The molecule has 0 spiro atoms. The SMILES string of the molecule is Br.CCOc1cc2c(c(F)c1OCC)C(=N)N(CC(=O)c1ccc(OC(=O)N3CCCC3C(=O)O)c(C(C)(C)C)c1)C2.